The molecule has 0 unspecified atom stereocenters. The van der Waals surface area contributed by atoms with Gasteiger partial charge < -0.3 is 0 Å². The van der Waals surface area contributed by atoms with Crippen molar-refractivity contribution in [3.8, 4) is 0 Å². The highest BCUT2D eigenvalue weighted by Crippen LogP contribution is 2.62. The van der Waals surface area contributed by atoms with E-state index in [9.17, 15) is 0 Å². The standard InChI is InChI=1S/C65H116/c1-5-9-13-17-21-25-29-33-37-41-47-53-64(54-48-42-38-34-30-26-22-18-14-10-6-2)58-62-61-52-46-45-51-60(61)57-63(62)65(59-64,55-49-43-39-35-31-27-23-19-15-11-7-3)56-50-44-40-36-32-28-24-20-16-12-8-4/h45-46,51-52,57-58H,5-44,47-50,53-56,59H2,1-4H3. The number of rotatable bonds is 48. The molecule has 0 fully saturated rings. The summed E-state index contributed by atoms with van der Waals surface area (Å²) in [7, 11) is 0. The highest BCUT2D eigenvalue weighted by molar-refractivity contribution is 5.96. The molecule has 0 aromatic heterocycles. The van der Waals surface area contributed by atoms with Crippen LogP contribution in [0.5, 0.6) is 0 Å². The van der Waals surface area contributed by atoms with Gasteiger partial charge in [0.1, 0.15) is 0 Å². The molecular weight excluding hydrogens is 781 g/mol. The first-order chi connectivity index (χ1) is 32.1. The Morgan fingerprint density at radius 2 is 0.600 bits per heavy atom. The van der Waals surface area contributed by atoms with Crippen molar-refractivity contribution in [2.45, 2.75) is 342 Å². The van der Waals surface area contributed by atoms with Gasteiger partial charge in [0.15, 0.2) is 0 Å². The molecule has 0 spiro atoms. The first kappa shape index (κ1) is 58.0. The Balaban J connectivity index is 1.74. The van der Waals surface area contributed by atoms with Crippen molar-refractivity contribution >= 4 is 11.6 Å². The Kier molecular flexibility index (Phi) is 35.3. The van der Waals surface area contributed by atoms with Gasteiger partial charge in [-0.15, -0.1) is 0 Å². The fourth-order valence-electron chi connectivity index (χ4n) is 12.5. The zero-order chi connectivity index (χ0) is 46.2. The SMILES string of the molecule is CCCCCCCCCCCCCC1(CCCCCCCCCCCCC)C=C2C(=Cc3ccccc32)C(CCCCCCCCCCCCC)(CCCCCCCCCCCCC)C1. The molecule has 376 valence electrons. The van der Waals surface area contributed by atoms with Crippen molar-refractivity contribution in [1.82, 2.24) is 0 Å². The van der Waals surface area contributed by atoms with Crippen LogP contribution in [-0.2, 0) is 0 Å². The van der Waals surface area contributed by atoms with E-state index >= 15 is 0 Å². The molecule has 0 nitrogen and oxygen atoms in total. The van der Waals surface area contributed by atoms with Gasteiger partial charge in [-0.1, -0.05) is 341 Å². The van der Waals surface area contributed by atoms with Crippen molar-refractivity contribution in [3.05, 3.63) is 47.0 Å². The third-order valence-corrected chi connectivity index (χ3v) is 16.6. The van der Waals surface area contributed by atoms with E-state index in [-0.39, 0.29) is 0 Å². The zero-order valence-electron chi connectivity index (χ0n) is 45.1. The fourth-order valence-corrected chi connectivity index (χ4v) is 12.5. The first-order valence-electron chi connectivity index (χ1n) is 30.7. The van der Waals surface area contributed by atoms with Crippen LogP contribution in [0.4, 0.5) is 0 Å². The van der Waals surface area contributed by atoms with Crippen LogP contribution in [0.3, 0.4) is 0 Å². The molecule has 65 heavy (non-hydrogen) atoms. The molecule has 0 amide bonds. The highest BCUT2D eigenvalue weighted by Gasteiger charge is 2.48. The van der Waals surface area contributed by atoms with Crippen molar-refractivity contribution < 1.29 is 0 Å². The largest absolute Gasteiger partial charge is 0.0701 e. The average molecular weight is 898 g/mol. The number of unbranched alkanes of at least 4 members (excludes halogenated alkanes) is 40. The van der Waals surface area contributed by atoms with Crippen LogP contribution >= 0.6 is 0 Å². The minimum absolute atomic E-state index is 0.344. The van der Waals surface area contributed by atoms with Crippen LogP contribution in [0.2, 0.25) is 0 Å². The lowest BCUT2D eigenvalue weighted by Gasteiger charge is -2.49. The van der Waals surface area contributed by atoms with Crippen LogP contribution in [0.1, 0.15) is 353 Å². The second kappa shape index (κ2) is 39.5. The molecule has 0 saturated carbocycles. The summed E-state index contributed by atoms with van der Waals surface area (Å²) in [5, 5.41) is 0. The van der Waals surface area contributed by atoms with E-state index in [1.165, 1.54) is 320 Å². The van der Waals surface area contributed by atoms with E-state index in [0.717, 1.165) is 0 Å². The van der Waals surface area contributed by atoms with E-state index in [1.54, 1.807) is 16.7 Å². The van der Waals surface area contributed by atoms with Gasteiger partial charge in [0.05, 0.1) is 0 Å². The summed E-state index contributed by atoms with van der Waals surface area (Å²) >= 11 is 0. The highest BCUT2D eigenvalue weighted by atomic mass is 14.5. The minimum Gasteiger partial charge on any atom is -0.0701 e. The number of allylic oxidation sites excluding steroid dienone is 3. The van der Waals surface area contributed by atoms with Gasteiger partial charge in [0.2, 0.25) is 0 Å². The molecule has 1 aromatic carbocycles. The van der Waals surface area contributed by atoms with Crippen LogP contribution in [0, 0.1) is 10.8 Å². The first-order valence-corrected chi connectivity index (χ1v) is 30.7. The van der Waals surface area contributed by atoms with E-state index in [0.29, 0.717) is 10.8 Å². The van der Waals surface area contributed by atoms with E-state index in [2.05, 4.69) is 64.1 Å². The molecule has 3 rings (SSSR count). The van der Waals surface area contributed by atoms with E-state index in [4.69, 9.17) is 0 Å². The number of hydrogen-bond donors (Lipinski definition) is 0. The van der Waals surface area contributed by atoms with Gasteiger partial charge in [-0.05, 0) is 71.3 Å². The normalized spacial score (nSPS) is 15.0. The van der Waals surface area contributed by atoms with Gasteiger partial charge in [-0.2, -0.15) is 0 Å². The maximum Gasteiger partial charge on any atom is -0.00325 e. The summed E-state index contributed by atoms with van der Waals surface area (Å²) in [5.41, 5.74) is 7.29. The molecule has 2 aliphatic carbocycles. The van der Waals surface area contributed by atoms with Crippen LogP contribution in [0.15, 0.2) is 35.9 Å². The van der Waals surface area contributed by atoms with Crippen LogP contribution in [-0.4, -0.2) is 0 Å². The Hall–Kier alpha value is -1.30. The summed E-state index contributed by atoms with van der Waals surface area (Å²) in [4.78, 5) is 0. The monoisotopic (exact) mass is 897 g/mol. The molecular formula is C65H116. The number of benzene rings is 1. The molecule has 0 aliphatic heterocycles. The maximum atomic E-state index is 2.95. The van der Waals surface area contributed by atoms with Gasteiger partial charge >= 0.3 is 0 Å². The second-order valence-corrected chi connectivity index (χ2v) is 22.7. The molecule has 0 saturated heterocycles. The lowest BCUT2D eigenvalue weighted by Crippen LogP contribution is -2.37. The fraction of sp³-hybridized carbons (Fsp3) is 0.846. The quantitative estimate of drug-likeness (QED) is 0.0572. The van der Waals surface area contributed by atoms with Crippen molar-refractivity contribution in [3.63, 3.8) is 0 Å². The number of hydrogen-bond acceptors (Lipinski definition) is 0. The van der Waals surface area contributed by atoms with Crippen molar-refractivity contribution in [2.24, 2.45) is 10.8 Å². The topological polar surface area (TPSA) is 0 Å². The Labute approximate surface area is 410 Å². The molecule has 0 atom stereocenters. The maximum absolute atomic E-state index is 2.95. The Morgan fingerprint density at radius 1 is 0.323 bits per heavy atom. The summed E-state index contributed by atoms with van der Waals surface area (Å²) in [6, 6.07) is 9.61. The van der Waals surface area contributed by atoms with E-state index in [1.807, 2.05) is 0 Å². The lowest BCUT2D eigenvalue weighted by atomic mass is 9.55. The summed E-state index contributed by atoms with van der Waals surface area (Å²) < 4.78 is 0. The predicted octanol–water partition coefficient (Wildman–Crippen LogP) is 23.6. The predicted molar refractivity (Wildman–Crippen MR) is 296 cm³/mol. The molecule has 0 N–H and O–H groups in total. The zero-order valence-corrected chi connectivity index (χ0v) is 45.1. The molecule has 0 heterocycles. The van der Waals surface area contributed by atoms with Crippen molar-refractivity contribution in [2.75, 3.05) is 0 Å². The van der Waals surface area contributed by atoms with Gasteiger partial charge in [-0.3, -0.25) is 0 Å². The summed E-state index contributed by atoms with van der Waals surface area (Å²) in [6.45, 7) is 9.36. The third-order valence-electron chi connectivity index (χ3n) is 16.6. The average Bonchev–Trinajstić information content (AvgIpc) is 3.70. The van der Waals surface area contributed by atoms with Crippen LogP contribution < -0.4 is 0 Å². The molecule has 2 aliphatic rings. The van der Waals surface area contributed by atoms with E-state index < -0.39 is 0 Å². The van der Waals surface area contributed by atoms with Crippen LogP contribution in [0.25, 0.3) is 11.6 Å². The lowest BCUT2D eigenvalue weighted by molar-refractivity contribution is 0.142. The molecule has 0 heteroatoms. The van der Waals surface area contributed by atoms with Gasteiger partial charge in [-0.25, -0.2) is 0 Å². The number of fused-ring (bicyclic) bond motifs is 3. The third kappa shape index (κ3) is 25.8. The second-order valence-electron chi connectivity index (χ2n) is 22.7. The van der Waals surface area contributed by atoms with Gasteiger partial charge in [0.25, 0.3) is 0 Å². The van der Waals surface area contributed by atoms with Gasteiger partial charge in [0, 0.05) is 0 Å². The smallest absolute Gasteiger partial charge is 0.00325 e. The Morgan fingerprint density at radius 3 is 0.923 bits per heavy atom. The molecule has 0 bridgehead atoms. The molecule has 0 radical (unpaired) electrons. The summed E-state index contributed by atoms with van der Waals surface area (Å²) in [5.74, 6) is 0. The minimum atomic E-state index is 0.344. The molecule has 1 aromatic rings. The Bertz CT molecular complexity index is 1220. The summed E-state index contributed by atoms with van der Waals surface area (Å²) in [6.07, 6.45) is 76.4. The van der Waals surface area contributed by atoms with Crippen molar-refractivity contribution in [1.29, 1.82) is 0 Å².